The number of esters is 1. The molecule has 0 unspecified atom stereocenters. The minimum absolute atomic E-state index is 0.0625. The number of hydrogen-bond donors (Lipinski definition) is 0. The molecule has 1 fully saturated rings. The minimum atomic E-state index is -3.52. The van der Waals surface area contributed by atoms with Crippen molar-refractivity contribution in [1.29, 1.82) is 0 Å². The lowest BCUT2D eigenvalue weighted by Crippen LogP contribution is -2.35. The molecule has 0 aliphatic carbocycles. The molecule has 0 atom stereocenters. The Bertz CT molecular complexity index is 950. The largest absolute Gasteiger partial charge is 0.493 e. The van der Waals surface area contributed by atoms with E-state index in [1.807, 2.05) is 0 Å². The third-order valence-electron chi connectivity index (χ3n) is 4.86. The zero-order valence-corrected chi connectivity index (χ0v) is 17.4. The van der Waals surface area contributed by atoms with Gasteiger partial charge in [-0.1, -0.05) is 12.5 Å². The molecular weight excluding hydrogens is 394 g/mol. The Kier molecular flexibility index (Phi) is 6.76. The Morgan fingerprint density at radius 1 is 0.931 bits per heavy atom. The summed E-state index contributed by atoms with van der Waals surface area (Å²) in [6, 6.07) is 11.1. The van der Waals surface area contributed by atoms with E-state index >= 15 is 0 Å². The van der Waals surface area contributed by atoms with Gasteiger partial charge in [-0.2, -0.15) is 4.31 Å². The van der Waals surface area contributed by atoms with Gasteiger partial charge in [0.2, 0.25) is 10.0 Å². The van der Waals surface area contributed by atoms with Gasteiger partial charge in [-0.05, 0) is 54.8 Å². The molecule has 0 amide bonds. The molecule has 0 aromatic heterocycles. The number of nitrogens with zero attached hydrogens (tertiary/aromatic N) is 1. The summed E-state index contributed by atoms with van der Waals surface area (Å²) >= 11 is 0. The maximum atomic E-state index is 12.7. The molecular formula is C21H25NO6S. The molecule has 0 bridgehead atoms. The normalized spacial score (nSPS) is 15.0. The van der Waals surface area contributed by atoms with Crippen LogP contribution in [-0.2, 0) is 21.4 Å². The standard InChI is InChI=1S/C21H25NO6S/c1-26-19-11-6-16(14-20(19)27-2)15-28-21(23)17-7-9-18(10-8-17)29(24,25)22-12-4-3-5-13-22/h6-11,14H,3-5,12-13,15H2,1-2H3. The molecule has 0 spiro atoms. The summed E-state index contributed by atoms with van der Waals surface area (Å²) in [5.74, 6) is 0.614. The highest BCUT2D eigenvalue weighted by molar-refractivity contribution is 7.89. The molecule has 0 radical (unpaired) electrons. The number of hydrogen-bond acceptors (Lipinski definition) is 6. The van der Waals surface area contributed by atoms with Crippen molar-refractivity contribution in [2.75, 3.05) is 27.3 Å². The molecule has 1 aliphatic rings. The monoisotopic (exact) mass is 419 g/mol. The van der Waals surface area contributed by atoms with Gasteiger partial charge >= 0.3 is 5.97 Å². The average Bonchev–Trinajstić information content (AvgIpc) is 2.77. The van der Waals surface area contributed by atoms with Crippen LogP contribution in [0.3, 0.4) is 0 Å². The van der Waals surface area contributed by atoms with Crippen molar-refractivity contribution in [1.82, 2.24) is 4.31 Å². The van der Waals surface area contributed by atoms with Crippen LogP contribution < -0.4 is 9.47 Å². The molecule has 1 aliphatic heterocycles. The first-order chi connectivity index (χ1) is 14.0. The van der Waals surface area contributed by atoms with E-state index in [9.17, 15) is 13.2 Å². The average molecular weight is 419 g/mol. The van der Waals surface area contributed by atoms with Gasteiger partial charge in [0.15, 0.2) is 11.5 Å². The third kappa shape index (κ3) is 4.89. The van der Waals surface area contributed by atoms with Crippen LogP contribution in [0.25, 0.3) is 0 Å². The van der Waals surface area contributed by atoms with E-state index in [0.29, 0.717) is 30.2 Å². The van der Waals surface area contributed by atoms with E-state index in [4.69, 9.17) is 14.2 Å². The molecule has 8 heteroatoms. The van der Waals surface area contributed by atoms with Crippen molar-refractivity contribution in [3.8, 4) is 11.5 Å². The van der Waals surface area contributed by atoms with Crippen LogP contribution in [0.15, 0.2) is 47.4 Å². The number of benzene rings is 2. The van der Waals surface area contributed by atoms with Crippen LogP contribution in [0.4, 0.5) is 0 Å². The molecule has 2 aromatic carbocycles. The molecule has 2 aromatic rings. The van der Waals surface area contributed by atoms with E-state index in [-0.39, 0.29) is 11.5 Å². The van der Waals surface area contributed by atoms with Gasteiger partial charge in [-0.15, -0.1) is 0 Å². The van der Waals surface area contributed by atoms with Gasteiger partial charge in [0.25, 0.3) is 0 Å². The van der Waals surface area contributed by atoms with E-state index < -0.39 is 16.0 Å². The van der Waals surface area contributed by atoms with Gasteiger partial charge in [-0.3, -0.25) is 0 Å². The fraction of sp³-hybridized carbons (Fsp3) is 0.381. The van der Waals surface area contributed by atoms with Crippen molar-refractivity contribution >= 4 is 16.0 Å². The highest BCUT2D eigenvalue weighted by Gasteiger charge is 2.26. The number of methoxy groups -OCH3 is 2. The second-order valence-electron chi connectivity index (χ2n) is 6.75. The maximum absolute atomic E-state index is 12.7. The number of piperidine rings is 1. The Labute approximate surface area is 171 Å². The molecule has 29 heavy (non-hydrogen) atoms. The quantitative estimate of drug-likeness (QED) is 0.641. The predicted molar refractivity (Wildman–Crippen MR) is 108 cm³/mol. The second-order valence-corrected chi connectivity index (χ2v) is 8.69. The second kappa shape index (κ2) is 9.28. The van der Waals surface area contributed by atoms with Crippen molar-refractivity contribution in [2.24, 2.45) is 0 Å². The summed E-state index contributed by atoms with van der Waals surface area (Å²) in [6.07, 6.45) is 2.80. The number of carbonyl (C=O) groups excluding carboxylic acids is 1. The molecule has 1 heterocycles. The Balaban J connectivity index is 1.65. The van der Waals surface area contributed by atoms with E-state index in [1.165, 1.54) is 35.7 Å². The first-order valence-corrected chi connectivity index (χ1v) is 10.9. The summed E-state index contributed by atoms with van der Waals surface area (Å²) in [5, 5.41) is 0. The summed E-state index contributed by atoms with van der Waals surface area (Å²) < 4.78 is 42.6. The van der Waals surface area contributed by atoms with E-state index in [1.54, 1.807) is 25.3 Å². The van der Waals surface area contributed by atoms with Crippen molar-refractivity contribution in [3.05, 3.63) is 53.6 Å². The molecule has 0 saturated carbocycles. The van der Waals surface area contributed by atoms with Crippen molar-refractivity contribution < 1.29 is 27.4 Å². The van der Waals surface area contributed by atoms with Gasteiger partial charge in [0.05, 0.1) is 24.7 Å². The van der Waals surface area contributed by atoms with Gasteiger partial charge in [-0.25, -0.2) is 13.2 Å². The third-order valence-corrected chi connectivity index (χ3v) is 6.77. The van der Waals surface area contributed by atoms with Gasteiger partial charge in [0, 0.05) is 13.1 Å². The van der Waals surface area contributed by atoms with Crippen molar-refractivity contribution in [2.45, 2.75) is 30.8 Å². The Morgan fingerprint density at radius 2 is 1.59 bits per heavy atom. The molecule has 156 valence electrons. The van der Waals surface area contributed by atoms with Crippen molar-refractivity contribution in [3.63, 3.8) is 0 Å². The number of sulfonamides is 1. The fourth-order valence-corrected chi connectivity index (χ4v) is 4.74. The SMILES string of the molecule is COc1ccc(COC(=O)c2ccc(S(=O)(=O)N3CCCCC3)cc2)cc1OC. The van der Waals surface area contributed by atoms with Crippen LogP contribution in [0.5, 0.6) is 11.5 Å². The summed E-state index contributed by atoms with van der Waals surface area (Å²) in [7, 11) is -0.435. The van der Waals surface area contributed by atoms with E-state index in [0.717, 1.165) is 24.8 Å². The highest BCUT2D eigenvalue weighted by atomic mass is 32.2. The first kappa shape index (κ1) is 21.1. The molecule has 0 N–H and O–H groups in total. The molecule has 7 nitrogen and oxygen atoms in total. The van der Waals surface area contributed by atoms with Crippen LogP contribution >= 0.6 is 0 Å². The highest BCUT2D eigenvalue weighted by Crippen LogP contribution is 2.28. The predicted octanol–water partition coefficient (Wildman–Crippen LogP) is 3.24. The maximum Gasteiger partial charge on any atom is 0.338 e. The number of rotatable bonds is 7. The zero-order valence-electron chi connectivity index (χ0n) is 16.6. The lowest BCUT2D eigenvalue weighted by Gasteiger charge is -2.25. The lowest BCUT2D eigenvalue weighted by molar-refractivity contribution is 0.0472. The first-order valence-electron chi connectivity index (χ1n) is 9.44. The van der Waals surface area contributed by atoms with Crippen LogP contribution in [0.1, 0.15) is 35.2 Å². The Morgan fingerprint density at radius 3 is 2.21 bits per heavy atom. The Hall–Kier alpha value is -2.58. The van der Waals surface area contributed by atoms with Crippen LogP contribution in [0, 0.1) is 0 Å². The topological polar surface area (TPSA) is 82.1 Å². The number of carbonyl (C=O) groups is 1. The lowest BCUT2D eigenvalue weighted by atomic mass is 10.2. The number of ether oxygens (including phenoxy) is 3. The summed E-state index contributed by atoms with van der Waals surface area (Å²) in [6.45, 7) is 1.14. The smallest absolute Gasteiger partial charge is 0.338 e. The zero-order chi connectivity index (χ0) is 20.9. The van der Waals surface area contributed by atoms with E-state index in [2.05, 4.69) is 0 Å². The summed E-state index contributed by atoms with van der Waals surface area (Å²) in [5.41, 5.74) is 1.04. The van der Waals surface area contributed by atoms with Crippen LogP contribution in [-0.4, -0.2) is 46.0 Å². The van der Waals surface area contributed by atoms with Gasteiger partial charge in [0.1, 0.15) is 6.61 Å². The van der Waals surface area contributed by atoms with Crippen LogP contribution in [0.2, 0.25) is 0 Å². The summed E-state index contributed by atoms with van der Waals surface area (Å²) in [4.78, 5) is 12.5. The fourth-order valence-electron chi connectivity index (χ4n) is 3.22. The van der Waals surface area contributed by atoms with Gasteiger partial charge < -0.3 is 14.2 Å². The molecule has 3 rings (SSSR count). The molecule has 1 saturated heterocycles. The minimum Gasteiger partial charge on any atom is -0.493 e.